The zero-order chi connectivity index (χ0) is 14.4. The lowest BCUT2D eigenvalue weighted by Gasteiger charge is -2.19. The smallest absolute Gasteiger partial charge is 0.353 e. The van der Waals surface area contributed by atoms with Crippen LogP contribution in [-0.4, -0.2) is 33.8 Å². The Morgan fingerprint density at radius 2 is 2.20 bits per heavy atom. The number of hydrogen-bond acceptors (Lipinski definition) is 3. The third-order valence-electron chi connectivity index (χ3n) is 3.36. The van der Waals surface area contributed by atoms with E-state index in [0.29, 0.717) is 5.69 Å². The van der Waals surface area contributed by atoms with Crippen molar-refractivity contribution in [3.8, 4) is 0 Å². The normalized spacial score (nSPS) is 17.8. The Balaban J connectivity index is 2.19. The molecule has 1 atom stereocenters. The molecule has 0 fully saturated rings. The summed E-state index contributed by atoms with van der Waals surface area (Å²) in [4.78, 5) is 28.4. The van der Waals surface area contributed by atoms with Crippen LogP contribution in [0.2, 0.25) is 0 Å². The molecule has 7 heteroatoms. The summed E-state index contributed by atoms with van der Waals surface area (Å²) in [5.74, 6) is -0.974. The lowest BCUT2D eigenvalue weighted by atomic mass is 10.1. The number of nitrogens with zero attached hydrogens (tertiary/aromatic N) is 2. The van der Waals surface area contributed by atoms with Crippen LogP contribution in [0.5, 0.6) is 0 Å². The van der Waals surface area contributed by atoms with Crippen LogP contribution >= 0.6 is 22.6 Å². The van der Waals surface area contributed by atoms with Crippen LogP contribution in [-0.2, 0) is 9.63 Å². The highest BCUT2D eigenvalue weighted by atomic mass is 127. The van der Waals surface area contributed by atoms with E-state index in [9.17, 15) is 9.59 Å². The first kappa shape index (κ1) is 13.4. The lowest BCUT2D eigenvalue weighted by Crippen LogP contribution is -2.29. The van der Waals surface area contributed by atoms with Gasteiger partial charge in [0.05, 0.1) is 24.7 Å². The maximum atomic E-state index is 12.3. The molecule has 1 aliphatic rings. The fourth-order valence-electron chi connectivity index (χ4n) is 2.58. The molecule has 6 nitrogen and oxygen atoms in total. The number of carboxylic acids is 1. The molecule has 3 rings (SSSR count). The molecular weight excluding hydrogens is 375 g/mol. The number of hydrogen-bond donors (Lipinski definition) is 1. The van der Waals surface area contributed by atoms with Crippen molar-refractivity contribution in [2.75, 3.05) is 7.11 Å². The molecular formula is C13H11IN2O4. The van der Waals surface area contributed by atoms with E-state index >= 15 is 0 Å². The summed E-state index contributed by atoms with van der Waals surface area (Å²) in [6, 6.07) is 6.62. The van der Waals surface area contributed by atoms with E-state index in [1.165, 1.54) is 11.7 Å². The van der Waals surface area contributed by atoms with Gasteiger partial charge in [-0.05, 0) is 46.9 Å². The Morgan fingerprint density at radius 1 is 1.45 bits per heavy atom. The maximum Gasteiger partial charge on any atom is 0.353 e. The number of hydroxylamine groups is 2. The molecule has 1 aliphatic heterocycles. The summed E-state index contributed by atoms with van der Waals surface area (Å²) in [5.41, 5.74) is 1.41. The minimum absolute atomic E-state index is 0.188. The molecule has 1 unspecified atom stereocenters. The van der Waals surface area contributed by atoms with Crippen molar-refractivity contribution in [1.82, 2.24) is 9.63 Å². The molecule has 0 aliphatic carbocycles. The molecule has 0 saturated heterocycles. The van der Waals surface area contributed by atoms with E-state index < -0.39 is 12.0 Å². The topological polar surface area (TPSA) is 71.8 Å². The molecule has 1 aromatic heterocycles. The number of carboxylic acid groups (broad SMARTS) is 1. The standard InChI is InChI=1S/C13H11IN2O4/c1-20-16-11(6-12(17)18)10-5-7-4-8(14)2-3-9(7)15(10)13(16)19/h2-5,11H,6H2,1H3,(H,17,18). The van der Waals surface area contributed by atoms with E-state index in [4.69, 9.17) is 9.94 Å². The molecule has 1 aromatic carbocycles. The quantitative estimate of drug-likeness (QED) is 0.824. The number of benzene rings is 1. The number of aromatic nitrogens is 1. The fourth-order valence-corrected chi connectivity index (χ4v) is 3.09. The molecule has 2 heterocycles. The number of fused-ring (bicyclic) bond motifs is 3. The zero-order valence-corrected chi connectivity index (χ0v) is 12.7. The van der Waals surface area contributed by atoms with E-state index in [1.807, 2.05) is 24.3 Å². The van der Waals surface area contributed by atoms with Gasteiger partial charge in [0.2, 0.25) is 0 Å². The van der Waals surface area contributed by atoms with Crippen LogP contribution in [0, 0.1) is 3.57 Å². The van der Waals surface area contributed by atoms with Gasteiger partial charge in [-0.15, -0.1) is 0 Å². The Kier molecular flexibility index (Phi) is 3.17. The van der Waals surface area contributed by atoms with Crippen LogP contribution < -0.4 is 0 Å². The van der Waals surface area contributed by atoms with Crippen molar-refractivity contribution in [3.05, 3.63) is 33.5 Å². The van der Waals surface area contributed by atoms with Gasteiger partial charge in [0.25, 0.3) is 0 Å². The second kappa shape index (κ2) is 4.74. The molecule has 0 spiro atoms. The molecule has 0 radical (unpaired) electrons. The Hall–Kier alpha value is -1.61. The fraction of sp³-hybridized carbons (Fsp3) is 0.231. The number of carbonyl (C=O) groups is 2. The van der Waals surface area contributed by atoms with Crippen LogP contribution in [0.3, 0.4) is 0 Å². The predicted octanol–water partition coefficient (Wildman–Crippen LogP) is 2.61. The highest BCUT2D eigenvalue weighted by molar-refractivity contribution is 14.1. The summed E-state index contributed by atoms with van der Waals surface area (Å²) in [6.45, 7) is 0. The molecule has 1 amide bonds. The molecule has 2 aromatic rings. The first-order valence-electron chi connectivity index (χ1n) is 5.93. The molecule has 0 saturated carbocycles. The average molecular weight is 386 g/mol. The Bertz CT molecular complexity index is 724. The van der Waals surface area contributed by atoms with Crippen molar-refractivity contribution in [3.63, 3.8) is 0 Å². The summed E-state index contributed by atoms with van der Waals surface area (Å²) in [5, 5.41) is 11.0. The summed E-state index contributed by atoms with van der Waals surface area (Å²) in [7, 11) is 1.37. The van der Waals surface area contributed by atoms with Gasteiger partial charge in [-0.2, -0.15) is 5.06 Å². The van der Waals surface area contributed by atoms with E-state index in [1.54, 1.807) is 0 Å². The SMILES string of the molecule is CON1C(=O)n2c(cc3cc(I)ccc32)C1CC(=O)O. The van der Waals surface area contributed by atoms with Gasteiger partial charge in [0, 0.05) is 8.96 Å². The number of carbonyl (C=O) groups excluding carboxylic acids is 1. The van der Waals surface area contributed by atoms with Crippen LogP contribution in [0.1, 0.15) is 18.2 Å². The first-order valence-corrected chi connectivity index (χ1v) is 7.01. The highest BCUT2D eigenvalue weighted by Crippen LogP contribution is 2.37. The summed E-state index contributed by atoms with van der Waals surface area (Å²) in [6.07, 6.45) is -0.188. The van der Waals surface area contributed by atoms with Gasteiger partial charge in [0.15, 0.2) is 0 Å². The third kappa shape index (κ3) is 1.88. The van der Waals surface area contributed by atoms with E-state index in [-0.39, 0.29) is 12.5 Å². The number of halogens is 1. The monoisotopic (exact) mass is 386 g/mol. The summed E-state index contributed by atoms with van der Waals surface area (Å²) < 4.78 is 2.58. The highest BCUT2D eigenvalue weighted by Gasteiger charge is 2.40. The average Bonchev–Trinajstić information content (AvgIpc) is 2.85. The van der Waals surface area contributed by atoms with Crippen molar-refractivity contribution >= 4 is 45.5 Å². The van der Waals surface area contributed by atoms with Gasteiger partial charge >= 0.3 is 12.0 Å². The molecule has 1 N–H and O–H groups in total. The van der Waals surface area contributed by atoms with Gasteiger partial charge in [-0.25, -0.2) is 4.79 Å². The van der Waals surface area contributed by atoms with Crippen molar-refractivity contribution in [2.24, 2.45) is 0 Å². The molecule has 20 heavy (non-hydrogen) atoms. The second-order valence-corrected chi connectivity index (χ2v) is 5.76. The van der Waals surface area contributed by atoms with Gasteiger partial charge in [0.1, 0.15) is 6.04 Å². The summed E-state index contributed by atoms with van der Waals surface area (Å²) >= 11 is 2.20. The number of amides is 1. The third-order valence-corrected chi connectivity index (χ3v) is 4.03. The second-order valence-electron chi connectivity index (χ2n) is 4.51. The molecule has 104 valence electrons. The Morgan fingerprint density at radius 3 is 2.85 bits per heavy atom. The van der Waals surface area contributed by atoms with Gasteiger partial charge in [-0.3, -0.25) is 14.2 Å². The molecule has 0 bridgehead atoms. The minimum Gasteiger partial charge on any atom is -0.481 e. The van der Waals surface area contributed by atoms with E-state index in [0.717, 1.165) is 19.5 Å². The van der Waals surface area contributed by atoms with Crippen LogP contribution in [0.15, 0.2) is 24.3 Å². The van der Waals surface area contributed by atoms with Crippen molar-refractivity contribution in [1.29, 1.82) is 0 Å². The van der Waals surface area contributed by atoms with E-state index in [2.05, 4.69) is 22.6 Å². The zero-order valence-electron chi connectivity index (χ0n) is 10.5. The largest absolute Gasteiger partial charge is 0.481 e. The maximum absolute atomic E-state index is 12.3. The van der Waals surface area contributed by atoms with Crippen LogP contribution in [0.25, 0.3) is 10.9 Å². The van der Waals surface area contributed by atoms with Crippen molar-refractivity contribution < 1.29 is 19.5 Å². The number of aliphatic carboxylic acids is 1. The minimum atomic E-state index is -0.974. The predicted molar refractivity (Wildman–Crippen MR) is 79.3 cm³/mol. The lowest BCUT2D eigenvalue weighted by molar-refractivity contribution is -0.146. The Labute approximate surface area is 128 Å². The van der Waals surface area contributed by atoms with Gasteiger partial charge < -0.3 is 5.11 Å². The number of rotatable bonds is 3. The first-order chi connectivity index (χ1) is 9.52. The van der Waals surface area contributed by atoms with Gasteiger partial charge in [-0.1, -0.05) is 0 Å². The van der Waals surface area contributed by atoms with Crippen molar-refractivity contribution in [2.45, 2.75) is 12.5 Å². The van der Waals surface area contributed by atoms with Crippen LogP contribution in [0.4, 0.5) is 4.79 Å².